The van der Waals surface area contributed by atoms with Crippen molar-refractivity contribution in [1.29, 1.82) is 5.26 Å². The summed E-state index contributed by atoms with van der Waals surface area (Å²) in [5, 5.41) is 17.1. The third kappa shape index (κ3) is 2.69. The van der Waals surface area contributed by atoms with Gasteiger partial charge in [-0.1, -0.05) is 0 Å². The summed E-state index contributed by atoms with van der Waals surface area (Å²) in [6.07, 6.45) is 0.943. The third-order valence-electron chi connectivity index (χ3n) is 1.86. The number of ketones is 1. The maximum Gasteiger partial charge on any atom is 0.149 e. The van der Waals surface area contributed by atoms with Gasteiger partial charge in [-0.05, 0) is 26.7 Å². The zero-order chi connectivity index (χ0) is 8.91. The van der Waals surface area contributed by atoms with Crippen LogP contribution in [-0.4, -0.2) is 17.5 Å². The number of rotatable bonds is 4. The van der Waals surface area contributed by atoms with Crippen LogP contribution in [0.4, 0.5) is 0 Å². The molecule has 0 aliphatic heterocycles. The molecule has 3 heteroatoms. The summed E-state index contributed by atoms with van der Waals surface area (Å²) in [5.41, 5.74) is -0.900. The first-order chi connectivity index (χ1) is 5.06. The average molecular weight is 155 g/mol. The second-order valence-corrected chi connectivity index (χ2v) is 2.83. The van der Waals surface area contributed by atoms with Crippen LogP contribution in [0.3, 0.4) is 0 Å². The Morgan fingerprint density at radius 2 is 2.27 bits per heavy atom. The SMILES string of the molecule is CC(=O)C(C)(C#N)CCCO. The number of nitriles is 1. The summed E-state index contributed by atoms with van der Waals surface area (Å²) in [6, 6.07) is 1.95. The maximum atomic E-state index is 10.9. The van der Waals surface area contributed by atoms with E-state index in [9.17, 15) is 4.79 Å². The summed E-state index contributed by atoms with van der Waals surface area (Å²) in [6.45, 7) is 3.04. The second kappa shape index (κ2) is 4.09. The van der Waals surface area contributed by atoms with Crippen LogP contribution in [-0.2, 0) is 4.79 Å². The van der Waals surface area contributed by atoms with Gasteiger partial charge in [0.15, 0.2) is 0 Å². The molecule has 0 radical (unpaired) electrons. The first-order valence-corrected chi connectivity index (χ1v) is 3.60. The van der Waals surface area contributed by atoms with E-state index in [0.717, 1.165) is 0 Å². The highest BCUT2D eigenvalue weighted by atomic mass is 16.2. The Bertz CT molecular complexity index is 183. The van der Waals surface area contributed by atoms with Crippen LogP contribution in [0.1, 0.15) is 26.7 Å². The highest BCUT2D eigenvalue weighted by Gasteiger charge is 2.28. The molecule has 0 bridgehead atoms. The number of hydrogen-bond donors (Lipinski definition) is 1. The van der Waals surface area contributed by atoms with Crippen molar-refractivity contribution in [3.05, 3.63) is 0 Å². The number of aliphatic hydroxyl groups excluding tert-OH is 1. The van der Waals surface area contributed by atoms with Crippen molar-refractivity contribution in [3.8, 4) is 6.07 Å². The molecule has 0 fully saturated rings. The quantitative estimate of drug-likeness (QED) is 0.655. The molecule has 0 aliphatic carbocycles. The Labute approximate surface area is 66.6 Å². The number of carbonyl (C=O) groups excluding carboxylic acids is 1. The minimum absolute atomic E-state index is 0.0323. The zero-order valence-corrected chi connectivity index (χ0v) is 6.92. The van der Waals surface area contributed by atoms with Crippen LogP contribution in [0.2, 0.25) is 0 Å². The molecule has 0 spiro atoms. The van der Waals surface area contributed by atoms with Gasteiger partial charge < -0.3 is 5.11 Å². The van der Waals surface area contributed by atoms with E-state index < -0.39 is 5.41 Å². The van der Waals surface area contributed by atoms with Gasteiger partial charge in [-0.3, -0.25) is 4.79 Å². The predicted molar refractivity (Wildman–Crippen MR) is 40.7 cm³/mol. The Morgan fingerprint density at radius 3 is 2.55 bits per heavy atom. The number of Topliss-reactive ketones (excluding diaryl/α,β-unsaturated/α-hetero) is 1. The first-order valence-electron chi connectivity index (χ1n) is 3.60. The van der Waals surface area contributed by atoms with Crippen molar-refractivity contribution < 1.29 is 9.90 Å². The molecule has 1 atom stereocenters. The van der Waals surface area contributed by atoms with Gasteiger partial charge in [-0.25, -0.2) is 0 Å². The minimum Gasteiger partial charge on any atom is -0.396 e. The first kappa shape index (κ1) is 10.1. The highest BCUT2D eigenvalue weighted by Crippen LogP contribution is 2.22. The van der Waals surface area contributed by atoms with E-state index in [1.807, 2.05) is 6.07 Å². The molecule has 3 nitrogen and oxygen atoms in total. The molecule has 0 saturated heterocycles. The van der Waals surface area contributed by atoms with E-state index in [1.54, 1.807) is 6.92 Å². The topological polar surface area (TPSA) is 61.1 Å². The van der Waals surface area contributed by atoms with E-state index in [0.29, 0.717) is 12.8 Å². The summed E-state index contributed by atoms with van der Waals surface area (Å²) >= 11 is 0. The van der Waals surface area contributed by atoms with Gasteiger partial charge in [0.05, 0.1) is 6.07 Å². The van der Waals surface area contributed by atoms with Crippen molar-refractivity contribution in [3.63, 3.8) is 0 Å². The molecule has 0 aromatic rings. The fourth-order valence-corrected chi connectivity index (χ4v) is 0.743. The van der Waals surface area contributed by atoms with E-state index in [-0.39, 0.29) is 12.4 Å². The fourth-order valence-electron chi connectivity index (χ4n) is 0.743. The normalized spacial score (nSPS) is 15.1. The Morgan fingerprint density at radius 1 is 1.73 bits per heavy atom. The van der Waals surface area contributed by atoms with Gasteiger partial charge in [-0.15, -0.1) is 0 Å². The lowest BCUT2D eigenvalue weighted by Gasteiger charge is -2.16. The van der Waals surface area contributed by atoms with Crippen LogP contribution in [0.5, 0.6) is 0 Å². The summed E-state index contributed by atoms with van der Waals surface area (Å²) in [5.74, 6) is -0.131. The second-order valence-electron chi connectivity index (χ2n) is 2.83. The van der Waals surface area contributed by atoms with Crippen molar-refractivity contribution in [2.45, 2.75) is 26.7 Å². The van der Waals surface area contributed by atoms with Gasteiger partial charge in [0.25, 0.3) is 0 Å². The molecule has 0 amide bonds. The Hall–Kier alpha value is -0.880. The van der Waals surface area contributed by atoms with E-state index in [2.05, 4.69) is 0 Å². The lowest BCUT2D eigenvalue weighted by molar-refractivity contribution is -0.123. The summed E-state index contributed by atoms with van der Waals surface area (Å²) < 4.78 is 0. The predicted octanol–water partition coefficient (Wildman–Crippen LogP) is 0.878. The molecule has 0 aromatic carbocycles. The maximum absolute atomic E-state index is 10.9. The average Bonchev–Trinajstić information content (AvgIpc) is 2.00. The number of nitrogens with zero attached hydrogens (tertiary/aromatic N) is 1. The largest absolute Gasteiger partial charge is 0.396 e. The third-order valence-corrected chi connectivity index (χ3v) is 1.86. The molecule has 0 saturated carbocycles. The van der Waals surface area contributed by atoms with Crippen molar-refractivity contribution in [2.75, 3.05) is 6.61 Å². The van der Waals surface area contributed by atoms with Crippen LogP contribution < -0.4 is 0 Å². The van der Waals surface area contributed by atoms with Crippen LogP contribution in [0.15, 0.2) is 0 Å². The molecule has 0 rings (SSSR count). The molecule has 1 unspecified atom stereocenters. The van der Waals surface area contributed by atoms with Crippen molar-refractivity contribution in [1.82, 2.24) is 0 Å². The number of aliphatic hydroxyl groups is 1. The lowest BCUT2D eigenvalue weighted by atomic mass is 9.83. The van der Waals surface area contributed by atoms with Crippen molar-refractivity contribution in [2.24, 2.45) is 5.41 Å². The molecule has 62 valence electrons. The zero-order valence-electron chi connectivity index (χ0n) is 6.92. The van der Waals surface area contributed by atoms with E-state index >= 15 is 0 Å². The monoisotopic (exact) mass is 155 g/mol. The van der Waals surface area contributed by atoms with Gasteiger partial charge >= 0.3 is 0 Å². The Kier molecular flexibility index (Phi) is 3.77. The van der Waals surface area contributed by atoms with Gasteiger partial charge in [0.1, 0.15) is 11.2 Å². The van der Waals surface area contributed by atoms with E-state index in [4.69, 9.17) is 10.4 Å². The number of hydrogen-bond acceptors (Lipinski definition) is 3. The van der Waals surface area contributed by atoms with Crippen molar-refractivity contribution >= 4 is 5.78 Å². The van der Waals surface area contributed by atoms with Crippen LogP contribution in [0, 0.1) is 16.7 Å². The molecule has 0 aliphatic rings. The molecule has 1 N–H and O–H groups in total. The molecule has 0 aromatic heterocycles. The fraction of sp³-hybridized carbons (Fsp3) is 0.750. The Balaban J connectivity index is 4.14. The standard InChI is InChI=1S/C8H13NO2/c1-7(11)8(2,6-9)4-3-5-10/h10H,3-5H2,1-2H3. The summed E-state index contributed by atoms with van der Waals surface area (Å²) in [4.78, 5) is 10.9. The van der Waals surface area contributed by atoms with Gasteiger partial charge in [0.2, 0.25) is 0 Å². The summed E-state index contributed by atoms with van der Waals surface area (Å²) in [7, 11) is 0. The molecule has 11 heavy (non-hydrogen) atoms. The van der Waals surface area contributed by atoms with E-state index in [1.165, 1.54) is 6.92 Å². The lowest BCUT2D eigenvalue weighted by Crippen LogP contribution is -2.23. The van der Waals surface area contributed by atoms with Crippen LogP contribution in [0.25, 0.3) is 0 Å². The smallest absolute Gasteiger partial charge is 0.149 e. The van der Waals surface area contributed by atoms with Crippen LogP contribution >= 0.6 is 0 Å². The molecule has 0 heterocycles. The van der Waals surface area contributed by atoms with Gasteiger partial charge in [0, 0.05) is 6.61 Å². The minimum atomic E-state index is -0.900. The molecular formula is C8H13NO2. The molecular weight excluding hydrogens is 142 g/mol. The van der Waals surface area contributed by atoms with Gasteiger partial charge in [-0.2, -0.15) is 5.26 Å². The highest BCUT2D eigenvalue weighted by molar-refractivity contribution is 5.84. The number of carbonyl (C=O) groups is 1.